The van der Waals surface area contributed by atoms with Crippen LogP contribution >= 0.6 is 0 Å². The molecule has 0 saturated carbocycles. The summed E-state index contributed by atoms with van der Waals surface area (Å²) in [5.74, 6) is -0.277. The van der Waals surface area contributed by atoms with Crippen molar-refractivity contribution in [3.05, 3.63) is 30.3 Å². The number of anilines is 1. The van der Waals surface area contributed by atoms with Crippen molar-refractivity contribution < 1.29 is 22.7 Å². The largest absolute Gasteiger partial charge is 0.411 e. The number of alkyl halides is 3. The molecule has 0 bridgehead atoms. The number of benzene rings is 1. The van der Waals surface area contributed by atoms with Crippen LogP contribution in [0.5, 0.6) is 0 Å². The fourth-order valence-corrected chi connectivity index (χ4v) is 2.84. The van der Waals surface area contributed by atoms with Crippen LogP contribution in [0.1, 0.15) is 12.8 Å². The van der Waals surface area contributed by atoms with Crippen molar-refractivity contribution in [3.63, 3.8) is 0 Å². The van der Waals surface area contributed by atoms with Gasteiger partial charge in [0.05, 0.1) is 6.61 Å². The van der Waals surface area contributed by atoms with Gasteiger partial charge in [0.1, 0.15) is 6.61 Å². The number of hydrogen-bond donors (Lipinski definition) is 1. The fraction of sp³-hybridized carbons (Fsp3) is 0.611. The SMILES string of the molecule is O=C(CCOCC(F)(F)F)NCCCN1CCN(c2ccccc2)CC1. The van der Waals surface area contributed by atoms with Crippen molar-refractivity contribution in [2.45, 2.75) is 19.0 Å². The van der Waals surface area contributed by atoms with E-state index in [2.05, 4.69) is 32.0 Å². The number of para-hydroxylation sites is 1. The number of carbonyl (C=O) groups excluding carboxylic acids is 1. The minimum absolute atomic E-state index is 0.0498. The van der Waals surface area contributed by atoms with E-state index in [9.17, 15) is 18.0 Å². The standard InChI is InChI=1S/C18H26F3N3O2/c19-18(20,21)15-26-14-7-17(25)22-8-4-9-23-10-12-24(13-11-23)16-5-2-1-3-6-16/h1-3,5-6H,4,7-15H2,(H,22,25). The maximum absolute atomic E-state index is 11.9. The zero-order valence-electron chi connectivity index (χ0n) is 14.8. The number of nitrogens with one attached hydrogen (secondary N) is 1. The lowest BCUT2D eigenvalue weighted by Gasteiger charge is -2.36. The van der Waals surface area contributed by atoms with Gasteiger partial charge < -0.3 is 15.0 Å². The number of ether oxygens (including phenoxy) is 1. The predicted octanol–water partition coefficient (Wildman–Crippen LogP) is 2.28. The van der Waals surface area contributed by atoms with Crippen molar-refractivity contribution in [1.29, 1.82) is 0 Å². The first-order valence-corrected chi connectivity index (χ1v) is 8.87. The Bertz CT molecular complexity index is 532. The van der Waals surface area contributed by atoms with Gasteiger partial charge in [-0.15, -0.1) is 0 Å². The molecule has 0 aliphatic carbocycles. The van der Waals surface area contributed by atoms with Gasteiger partial charge in [0.15, 0.2) is 0 Å². The van der Waals surface area contributed by atoms with E-state index in [-0.39, 0.29) is 18.9 Å². The quantitative estimate of drug-likeness (QED) is 0.675. The second-order valence-corrected chi connectivity index (χ2v) is 6.29. The summed E-state index contributed by atoms with van der Waals surface area (Å²) in [5.41, 5.74) is 1.24. The van der Waals surface area contributed by atoms with Crippen molar-refractivity contribution in [2.24, 2.45) is 0 Å². The van der Waals surface area contributed by atoms with Gasteiger partial charge in [-0.1, -0.05) is 18.2 Å². The second-order valence-electron chi connectivity index (χ2n) is 6.29. The molecule has 1 saturated heterocycles. The highest BCUT2D eigenvalue weighted by Gasteiger charge is 2.27. The van der Waals surface area contributed by atoms with Crippen LogP contribution in [0.3, 0.4) is 0 Å². The molecule has 0 radical (unpaired) electrons. The molecule has 1 N–H and O–H groups in total. The van der Waals surface area contributed by atoms with Crippen LogP contribution in [0.4, 0.5) is 18.9 Å². The predicted molar refractivity (Wildman–Crippen MR) is 94.2 cm³/mol. The second kappa shape index (κ2) is 10.4. The van der Waals surface area contributed by atoms with Crippen LogP contribution in [0.15, 0.2) is 30.3 Å². The van der Waals surface area contributed by atoms with Gasteiger partial charge in [-0.25, -0.2) is 0 Å². The van der Waals surface area contributed by atoms with Crippen LogP contribution in [-0.2, 0) is 9.53 Å². The number of hydrogen-bond acceptors (Lipinski definition) is 4. The van der Waals surface area contributed by atoms with Gasteiger partial charge in [-0.2, -0.15) is 13.2 Å². The average molecular weight is 373 g/mol. The summed E-state index contributed by atoms with van der Waals surface area (Å²) in [5, 5.41) is 2.72. The molecule has 2 rings (SSSR count). The molecular weight excluding hydrogens is 347 g/mol. The highest BCUT2D eigenvalue weighted by atomic mass is 19.4. The van der Waals surface area contributed by atoms with Crippen LogP contribution in [0.25, 0.3) is 0 Å². The molecule has 1 aliphatic rings. The smallest absolute Gasteiger partial charge is 0.372 e. The number of halogens is 3. The fourth-order valence-electron chi connectivity index (χ4n) is 2.84. The number of amides is 1. The molecule has 1 aromatic carbocycles. The summed E-state index contributed by atoms with van der Waals surface area (Å²) in [7, 11) is 0. The van der Waals surface area contributed by atoms with Gasteiger partial charge in [0.2, 0.25) is 5.91 Å². The summed E-state index contributed by atoms with van der Waals surface area (Å²) in [6.07, 6.45) is -3.58. The third-order valence-electron chi connectivity index (χ3n) is 4.21. The Hall–Kier alpha value is -1.80. The highest BCUT2D eigenvalue weighted by Crippen LogP contribution is 2.15. The number of piperazine rings is 1. The molecule has 0 spiro atoms. The van der Waals surface area contributed by atoms with Crippen molar-refractivity contribution in [2.75, 3.05) is 57.4 Å². The van der Waals surface area contributed by atoms with Gasteiger partial charge >= 0.3 is 6.18 Å². The van der Waals surface area contributed by atoms with Crippen molar-refractivity contribution in [3.8, 4) is 0 Å². The Labute approximate surface area is 152 Å². The van der Waals surface area contributed by atoms with Gasteiger partial charge in [0, 0.05) is 44.8 Å². The summed E-state index contributed by atoms with van der Waals surface area (Å²) < 4.78 is 40.1. The minimum atomic E-state index is -4.35. The molecule has 1 aliphatic heterocycles. The van der Waals surface area contributed by atoms with E-state index in [0.717, 1.165) is 39.1 Å². The summed E-state index contributed by atoms with van der Waals surface area (Å²) in [6, 6.07) is 10.3. The van der Waals surface area contributed by atoms with Crippen LogP contribution < -0.4 is 10.2 Å². The first-order valence-electron chi connectivity index (χ1n) is 8.87. The monoisotopic (exact) mass is 373 g/mol. The van der Waals surface area contributed by atoms with Crippen molar-refractivity contribution >= 4 is 11.6 Å². The molecular formula is C18H26F3N3O2. The first-order chi connectivity index (χ1) is 12.4. The molecule has 0 unspecified atom stereocenters. The lowest BCUT2D eigenvalue weighted by Crippen LogP contribution is -2.47. The first kappa shape index (κ1) is 20.5. The minimum Gasteiger partial charge on any atom is -0.372 e. The van der Waals surface area contributed by atoms with E-state index in [1.165, 1.54) is 5.69 Å². The number of nitrogens with zero attached hydrogens (tertiary/aromatic N) is 2. The van der Waals surface area contributed by atoms with Crippen LogP contribution in [0.2, 0.25) is 0 Å². The van der Waals surface area contributed by atoms with Crippen LogP contribution in [0, 0.1) is 0 Å². The number of rotatable bonds is 9. The maximum atomic E-state index is 11.9. The molecule has 146 valence electrons. The van der Waals surface area contributed by atoms with E-state index in [1.54, 1.807) is 0 Å². The van der Waals surface area contributed by atoms with Gasteiger partial charge in [-0.3, -0.25) is 9.69 Å². The third-order valence-corrected chi connectivity index (χ3v) is 4.21. The molecule has 1 heterocycles. The molecule has 8 heteroatoms. The Morgan fingerprint density at radius 1 is 1.12 bits per heavy atom. The summed E-state index contributed by atoms with van der Waals surface area (Å²) >= 11 is 0. The Morgan fingerprint density at radius 3 is 2.46 bits per heavy atom. The maximum Gasteiger partial charge on any atom is 0.411 e. The molecule has 5 nitrogen and oxygen atoms in total. The van der Waals surface area contributed by atoms with Gasteiger partial charge in [0.25, 0.3) is 0 Å². The third kappa shape index (κ3) is 8.05. The Balaban J connectivity index is 1.50. The highest BCUT2D eigenvalue weighted by molar-refractivity contribution is 5.75. The molecule has 1 amide bonds. The average Bonchev–Trinajstić information content (AvgIpc) is 2.63. The normalized spacial score (nSPS) is 15.9. The molecule has 0 aromatic heterocycles. The topological polar surface area (TPSA) is 44.8 Å². The van der Waals surface area contributed by atoms with E-state index >= 15 is 0 Å². The Morgan fingerprint density at radius 2 is 1.81 bits per heavy atom. The molecule has 0 atom stereocenters. The van der Waals surface area contributed by atoms with E-state index in [1.807, 2.05) is 18.2 Å². The van der Waals surface area contributed by atoms with E-state index in [0.29, 0.717) is 6.54 Å². The van der Waals surface area contributed by atoms with Crippen LogP contribution in [-0.4, -0.2) is 69.5 Å². The van der Waals surface area contributed by atoms with E-state index in [4.69, 9.17) is 0 Å². The van der Waals surface area contributed by atoms with Crippen molar-refractivity contribution in [1.82, 2.24) is 10.2 Å². The van der Waals surface area contributed by atoms with E-state index < -0.39 is 12.8 Å². The summed E-state index contributed by atoms with van der Waals surface area (Å²) in [6.45, 7) is 3.81. The Kier molecular flexibility index (Phi) is 8.18. The number of carbonyl (C=O) groups is 1. The molecule has 26 heavy (non-hydrogen) atoms. The summed E-state index contributed by atoms with van der Waals surface area (Å²) in [4.78, 5) is 16.2. The van der Waals surface area contributed by atoms with Gasteiger partial charge in [-0.05, 0) is 25.1 Å². The lowest BCUT2D eigenvalue weighted by atomic mass is 10.2. The lowest BCUT2D eigenvalue weighted by molar-refractivity contribution is -0.174. The molecule has 1 fully saturated rings. The zero-order valence-corrected chi connectivity index (χ0v) is 14.8. The molecule has 1 aromatic rings. The zero-order chi connectivity index (χ0) is 18.8.